The highest BCUT2D eigenvalue weighted by atomic mass is 35.5. The Labute approximate surface area is 111 Å². The van der Waals surface area contributed by atoms with Gasteiger partial charge >= 0.3 is 0 Å². The fraction of sp³-hybridized carbons (Fsp3) is 0.636. The highest BCUT2D eigenvalue weighted by Crippen LogP contribution is 2.21. The Morgan fingerprint density at radius 3 is 3.06 bits per heavy atom. The Hall–Kier alpha value is -0.520. The average molecular weight is 273 g/mol. The summed E-state index contributed by atoms with van der Waals surface area (Å²) in [5.41, 5.74) is 0. The molecule has 94 valence electrons. The maximum atomic E-state index is 5.99. The topological polar surface area (TPSA) is 41.1 Å². The number of halogens is 1. The van der Waals surface area contributed by atoms with Crippen molar-refractivity contribution < 1.29 is 0 Å². The smallest absolute Gasteiger partial charge is 0.190 e. The summed E-state index contributed by atoms with van der Waals surface area (Å²) in [6, 6.07) is 1.82. The number of anilines is 1. The normalized spacial score (nSPS) is 19.6. The van der Waals surface area contributed by atoms with Gasteiger partial charge in [-0.05, 0) is 31.7 Å². The van der Waals surface area contributed by atoms with Crippen LogP contribution in [-0.2, 0) is 0 Å². The number of aromatic nitrogens is 2. The number of nitrogens with zero attached hydrogens (tertiary/aromatic N) is 3. The van der Waals surface area contributed by atoms with Gasteiger partial charge in [-0.15, -0.1) is 0 Å². The summed E-state index contributed by atoms with van der Waals surface area (Å²) in [7, 11) is 2.06. The minimum absolute atomic E-state index is 0.510. The predicted octanol–water partition coefficient (Wildman–Crippen LogP) is 1.90. The lowest BCUT2D eigenvalue weighted by atomic mass is 10.1. The van der Waals surface area contributed by atoms with Gasteiger partial charge in [0, 0.05) is 19.7 Å². The highest BCUT2D eigenvalue weighted by molar-refractivity contribution is 7.98. The van der Waals surface area contributed by atoms with Gasteiger partial charge in [0.25, 0.3) is 0 Å². The van der Waals surface area contributed by atoms with E-state index in [2.05, 4.69) is 27.2 Å². The monoisotopic (exact) mass is 272 g/mol. The molecule has 0 radical (unpaired) electrons. The van der Waals surface area contributed by atoms with Crippen molar-refractivity contribution in [3.8, 4) is 0 Å². The molecule has 1 aromatic heterocycles. The van der Waals surface area contributed by atoms with Crippen molar-refractivity contribution in [2.24, 2.45) is 5.92 Å². The van der Waals surface area contributed by atoms with Crippen LogP contribution in [0.1, 0.15) is 6.42 Å². The Morgan fingerprint density at radius 1 is 1.59 bits per heavy atom. The van der Waals surface area contributed by atoms with Crippen LogP contribution in [0, 0.1) is 5.92 Å². The molecule has 6 heteroatoms. The van der Waals surface area contributed by atoms with Gasteiger partial charge in [0.05, 0.1) is 0 Å². The molecule has 2 heterocycles. The van der Waals surface area contributed by atoms with Crippen molar-refractivity contribution in [3.05, 3.63) is 11.2 Å². The molecular weight excluding hydrogens is 256 g/mol. The van der Waals surface area contributed by atoms with E-state index in [9.17, 15) is 0 Å². The molecule has 0 aliphatic carbocycles. The second-order valence-electron chi connectivity index (χ2n) is 4.27. The van der Waals surface area contributed by atoms with E-state index >= 15 is 0 Å². The summed E-state index contributed by atoms with van der Waals surface area (Å²) in [6.07, 6.45) is 3.19. The lowest BCUT2D eigenvalue weighted by molar-refractivity contribution is 0.574. The van der Waals surface area contributed by atoms with Crippen LogP contribution < -0.4 is 10.2 Å². The zero-order valence-corrected chi connectivity index (χ0v) is 11.7. The zero-order chi connectivity index (χ0) is 12.3. The number of hydrogen-bond acceptors (Lipinski definition) is 5. The van der Waals surface area contributed by atoms with Gasteiger partial charge in [0.15, 0.2) is 5.16 Å². The van der Waals surface area contributed by atoms with Crippen molar-refractivity contribution in [3.63, 3.8) is 0 Å². The molecule has 1 aliphatic heterocycles. The summed E-state index contributed by atoms with van der Waals surface area (Å²) in [5, 5.41) is 4.61. The fourth-order valence-electron chi connectivity index (χ4n) is 2.02. The lowest BCUT2D eigenvalue weighted by Crippen LogP contribution is -2.27. The van der Waals surface area contributed by atoms with Crippen molar-refractivity contribution in [2.75, 3.05) is 37.8 Å². The lowest BCUT2D eigenvalue weighted by Gasteiger charge is -2.21. The molecule has 1 N–H and O–H groups in total. The van der Waals surface area contributed by atoms with Crippen molar-refractivity contribution >= 4 is 29.2 Å². The maximum absolute atomic E-state index is 5.99. The molecule has 17 heavy (non-hydrogen) atoms. The number of thioether (sulfide) groups is 1. The first-order chi connectivity index (χ1) is 8.19. The number of nitrogens with one attached hydrogen (secondary N) is 1. The molecule has 1 aliphatic rings. The molecule has 0 saturated carbocycles. The Balaban J connectivity index is 2.06. The summed E-state index contributed by atoms with van der Waals surface area (Å²) < 4.78 is 0. The molecule has 4 nitrogen and oxygen atoms in total. The van der Waals surface area contributed by atoms with Crippen LogP contribution in [0.4, 0.5) is 5.82 Å². The van der Waals surface area contributed by atoms with E-state index < -0.39 is 0 Å². The fourth-order valence-corrected chi connectivity index (χ4v) is 2.63. The molecule has 1 aromatic rings. The van der Waals surface area contributed by atoms with Gasteiger partial charge in [0.1, 0.15) is 11.0 Å². The zero-order valence-electron chi connectivity index (χ0n) is 10.1. The van der Waals surface area contributed by atoms with E-state index in [1.54, 1.807) is 0 Å². The van der Waals surface area contributed by atoms with E-state index in [4.69, 9.17) is 11.6 Å². The third-order valence-corrected chi connectivity index (χ3v) is 3.67. The van der Waals surface area contributed by atoms with Crippen LogP contribution in [0.25, 0.3) is 0 Å². The van der Waals surface area contributed by atoms with Crippen LogP contribution in [0.5, 0.6) is 0 Å². The molecule has 0 amide bonds. The predicted molar refractivity (Wildman–Crippen MR) is 73.1 cm³/mol. The molecule has 1 fully saturated rings. The van der Waals surface area contributed by atoms with Gasteiger partial charge in [-0.25, -0.2) is 9.97 Å². The SMILES string of the molecule is CSc1nc(Cl)cc(N(C)C[C@H]2CCNC2)n1. The first kappa shape index (κ1) is 12.9. The second kappa shape index (κ2) is 5.89. The standard InChI is InChI=1S/C11H17ClN4S/c1-16(7-8-3-4-13-6-8)10-5-9(12)14-11(15-10)17-2/h5,8,13H,3-4,6-7H2,1-2H3/t8-/m0/s1. The van der Waals surface area contributed by atoms with Crippen LogP contribution in [0.2, 0.25) is 5.15 Å². The summed E-state index contributed by atoms with van der Waals surface area (Å²) >= 11 is 7.50. The largest absolute Gasteiger partial charge is 0.359 e. The minimum Gasteiger partial charge on any atom is -0.359 e. The van der Waals surface area contributed by atoms with Crippen molar-refractivity contribution in [1.82, 2.24) is 15.3 Å². The summed E-state index contributed by atoms with van der Waals surface area (Å²) in [6.45, 7) is 3.23. The molecular formula is C11H17ClN4S. The van der Waals surface area contributed by atoms with E-state index in [1.807, 2.05) is 12.3 Å². The maximum Gasteiger partial charge on any atom is 0.190 e. The van der Waals surface area contributed by atoms with Crippen molar-refractivity contribution in [2.45, 2.75) is 11.6 Å². The van der Waals surface area contributed by atoms with Gasteiger partial charge in [-0.1, -0.05) is 23.4 Å². The van der Waals surface area contributed by atoms with Gasteiger partial charge < -0.3 is 10.2 Å². The second-order valence-corrected chi connectivity index (χ2v) is 5.44. The molecule has 0 aromatic carbocycles. The Morgan fingerprint density at radius 2 is 2.41 bits per heavy atom. The molecule has 1 atom stereocenters. The van der Waals surface area contributed by atoms with E-state index in [-0.39, 0.29) is 0 Å². The van der Waals surface area contributed by atoms with Gasteiger partial charge in [-0.3, -0.25) is 0 Å². The first-order valence-corrected chi connectivity index (χ1v) is 7.29. The third kappa shape index (κ3) is 3.47. The van der Waals surface area contributed by atoms with Crippen LogP contribution in [0.15, 0.2) is 11.2 Å². The molecule has 1 saturated heterocycles. The summed E-state index contributed by atoms with van der Waals surface area (Å²) in [5.74, 6) is 1.60. The highest BCUT2D eigenvalue weighted by Gasteiger charge is 2.17. The van der Waals surface area contributed by atoms with Crippen molar-refractivity contribution in [1.29, 1.82) is 0 Å². The first-order valence-electron chi connectivity index (χ1n) is 5.69. The molecule has 0 bridgehead atoms. The van der Waals surface area contributed by atoms with Gasteiger partial charge in [0.2, 0.25) is 0 Å². The Bertz CT molecular complexity index is 382. The van der Waals surface area contributed by atoms with E-state index in [0.717, 1.165) is 30.6 Å². The number of hydrogen-bond donors (Lipinski definition) is 1. The average Bonchev–Trinajstić information content (AvgIpc) is 2.81. The minimum atomic E-state index is 0.510. The van der Waals surface area contributed by atoms with Gasteiger partial charge in [-0.2, -0.15) is 0 Å². The van der Waals surface area contributed by atoms with Crippen LogP contribution in [0.3, 0.4) is 0 Å². The summed E-state index contributed by atoms with van der Waals surface area (Å²) in [4.78, 5) is 10.8. The van der Waals surface area contributed by atoms with E-state index in [0.29, 0.717) is 11.1 Å². The quantitative estimate of drug-likeness (QED) is 0.515. The molecule has 2 rings (SSSR count). The third-order valence-electron chi connectivity index (χ3n) is 2.93. The number of rotatable bonds is 4. The Kier molecular flexibility index (Phi) is 4.48. The molecule has 0 unspecified atom stereocenters. The van der Waals surface area contributed by atoms with E-state index in [1.165, 1.54) is 18.2 Å². The van der Waals surface area contributed by atoms with Crippen LogP contribution >= 0.6 is 23.4 Å². The molecule has 0 spiro atoms. The van der Waals surface area contributed by atoms with Crippen LogP contribution in [-0.4, -0.2) is 42.9 Å².